The SMILES string of the molecule is COC(=O)CCN(C(=O)c1ccco1)C1CC1. The molecule has 0 saturated heterocycles. The number of amides is 1. The Balaban J connectivity index is 1.97. The van der Waals surface area contributed by atoms with Gasteiger partial charge < -0.3 is 14.1 Å². The van der Waals surface area contributed by atoms with Gasteiger partial charge in [0.1, 0.15) is 0 Å². The second-order valence-electron chi connectivity index (χ2n) is 4.03. The van der Waals surface area contributed by atoms with Crippen molar-refractivity contribution in [3.63, 3.8) is 0 Å². The van der Waals surface area contributed by atoms with Crippen LogP contribution in [-0.4, -0.2) is 36.5 Å². The van der Waals surface area contributed by atoms with Crippen molar-refractivity contribution in [3.05, 3.63) is 24.2 Å². The smallest absolute Gasteiger partial charge is 0.307 e. The van der Waals surface area contributed by atoms with Gasteiger partial charge in [0.05, 0.1) is 19.8 Å². The Morgan fingerprint density at radius 1 is 1.53 bits per heavy atom. The van der Waals surface area contributed by atoms with Gasteiger partial charge in [-0.2, -0.15) is 0 Å². The Bertz CT molecular complexity index is 395. The quantitative estimate of drug-likeness (QED) is 0.727. The van der Waals surface area contributed by atoms with E-state index in [0.717, 1.165) is 12.8 Å². The first-order chi connectivity index (χ1) is 8.22. The van der Waals surface area contributed by atoms with Crippen molar-refractivity contribution < 1.29 is 18.7 Å². The molecule has 0 bridgehead atoms. The van der Waals surface area contributed by atoms with Gasteiger partial charge in [0.15, 0.2) is 5.76 Å². The van der Waals surface area contributed by atoms with E-state index in [0.29, 0.717) is 12.3 Å². The van der Waals surface area contributed by atoms with E-state index in [1.165, 1.54) is 13.4 Å². The van der Waals surface area contributed by atoms with Crippen LogP contribution in [0.4, 0.5) is 0 Å². The van der Waals surface area contributed by atoms with Gasteiger partial charge in [-0.15, -0.1) is 0 Å². The zero-order valence-electron chi connectivity index (χ0n) is 9.72. The van der Waals surface area contributed by atoms with Gasteiger partial charge in [-0.1, -0.05) is 0 Å². The van der Waals surface area contributed by atoms with Gasteiger partial charge in [0.25, 0.3) is 5.91 Å². The minimum atomic E-state index is -0.303. The Morgan fingerprint density at radius 2 is 2.29 bits per heavy atom. The third-order valence-corrected chi connectivity index (χ3v) is 2.76. The van der Waals surface area contributed by atoms with Crippen molar-refractivity contribution in [1.29, 1.82) is 0 Å². The number of furan rings is 1. The number of carbonyl (C=O) groups is 2. The van der Waals surface area contributed by atoms with E-state index >= 15 is 0 Å². The highest BCUT2D eigenvalue weighted by molar-refractivity contribution is 5.92. The molecule has 17 heavy (non-hydrogen) atoms. The molecule has 92 valence electrons. The molecule has 1 aromatic heterocycles. The fourth-order valence-electron chi connectivity index (χ4n) is 1.69. The second kappa shape index (κ2) is 5.03. The van der Waals surface area contributed by atoms with E-state index in [4.69, 9.17) is 4.42 Å². The van der Waals surface area contributed by atoms with E-state index in [9.17, 15) is 9.59 Å². The van der Waals surface area contributed by atoms with E-state index in [2.05, 4.69) is 4.74 Å². The minimum absolute atomic E-state index is 0.151. The van der Waals surface area contributed by atoms with Crippen LogP contribution in [0.25, 0.3) is 0 Å². The molecule has 1 amide bonds. The number of ether oxygens (including phenoxy) is 1. The monoisotopic (exact) mass is 237 g/mol. The summed E-state index contributed by atoms with van der Waals surface area (Å²) < 4.78 is 9.65. The van der Waals surface area contributed by atoms with Crippen molar-refractivity contribution in [3.8, 4) is 0 Å². The summed E-state index contributed by atoms with van der Waals surface area (Å²) in [5, 5.41) is 0. The number of methoxy groups -OCH3 is 1. The van der Waals surface area contributed by atoms with Crippen LogP contribution in [0, 0.1) is 0 Å². The lowest BCUT2D eigenvalue weighted by Crippen LogP contribution is -2.34. The predicted molar refractivity (Wildman–Crippen MR) is 59.4 cm³/mol. The number of carbonyl (C=O) groups excluding carboxylic acids is 2. The van der Waals surface area contributed by atoms with Crippen molar-refractivity contribution in [2.45, 2.75) is 25.3 Å². The molecule has 0 unspecified atom stereocenters. The number of hydrogen-bond acceptors (Lipinski definition) is 4. The summed E-state index contributed by atoms with van der Waals surface area (Å²) in [4.78, 5) is 24.8. The average Bonchev–Trinajstić information content (AvgIpc) is 3.02. The molecule has 0 aromatic carbocycles. The maximum Gasteiger partial charge on any atom is 0.307 e. The molecule has 1 heterocycles. The molecule has 5 heteroatoms. The molecule has 1 saturated carbocycles. The van der Waals surface area contributed by atoms with Gasteiger partial charge >= 0.3 is 5.97 Å². The molecule has 1 fully saturated rings. The highest BCUT2D eigenvalue weighted by atomic mass is 16.5. The molecule has 0 N–H and O–H groups in total. The number of nitrogens with zero attached hydrogens (tertiary/aromatic N) is 1. The summed E-state index contributed by atoms with van der Waals surface area (Å²) in [6.45, 7) is 0.386. The zero-order valence-corrected chi connectivity index (χ0v) is 9.72. The molecular weight excluding hydrogens is 222 g/mol. The van der Waals surface area contributed by atoms with Gasteiger partial charge in [0.2, 0.25) is 0 Å². The maximum atomic E-state index is 12.1. The van der Waals surface area contributed by atoms with Crippen LogP contribution in [0.3, 0.4) is 0 Å². The number of esters is 1. The minimum Gasteiger partial charge on any atom is -0.469 e. The fraction of sp³-hybridized carbons (Fsp3) is 0.500. The maximum absolute atomic E-state index is 12.1. The highest BCUT2D eigenvalue weighted by Crippen LogP contribution is 2.28. The normalized spacial score (nSPS) is 14.4. The molecule has 0 aliphatic heterocycles. The van der Waals surface area contributed by atoms with Gasteiger partial charge in [0, 0.05) is 12.6 Å². The van der Waals surface area contributed by atoms with Gasteiger partial charge in [-0.25, -0.2) is 0 Å². The Hall–Kier alpha value is -1.78. The average molecular weight is 237 g/mol. The molecular formula is C12H15NO4. The van der Waals surface area contributed by atoms with E-state index in [-0.39, 0.29) is 24.3 Å². The van der Waals surface area contributed by atoms with E-state index < -0.39 is 0 Å². The third-order valence-electron chi connectivity index (χ3n) is 2.76. The van der Waals surface area contributed by atoms with Gasteiger partial charge in [-0.3, -0.25) is 9.59 Å². The second-order valence-corrected chi connectivity index (χ2v) is 4.03. The molecule has 0 spiro atoms. The topological polar surface area (TPSA) is 59.8 Å². The summed E-state index contributed by atoms with van der Waals surface area (Å²) in [6, 6.07) is 3.56. The van der Waals surface area contributed by atoms with Crippen LogP contribution in [0.1, 0.15) is 29.8 Å². The van der Waals surface area contributed by atoms with Crippen molar-refractivity contribution in [1.82, 2.24) is 4.90 Å². The van der Waals surface area contributed by atoms with Gasteiger partial charge in [-0.05, 0) is 25.0 Å². The van der Waals surface area contributed by atoms with E-state index in [1.54, 1.807) is 17.0 Å². The first-order valence-electron chi connectivity index (χ1n) is 5.63. The van der Waals surface area contributed by atoms with Crippen molar-refractivity contribution in [2.75, 3.05) is 13.7 Å². The van der Waals surface area contributed by atoms with Crippen LogP contribution in [0.2, 0.25) is 0 Å². The molecule has 5 nitrogen and oxygen atoms in total. The molecule has 1 aromatic rings. The largest absolute Gasteiger partial charge is 0.469 e. The lowest BCUT2D eigenvalue weighted by molar-refractivity contribution is -0.140. The van der Waals surface area contributed by atoms with Crippen molar-refractivity contribution in [2.24, 2.45) is 0 Å². The molecule has 0 atom stereocenters. The van der Waals surface area contributed by atoms with Crippen LogP contribution in [-0.2, 0) is 9.53 Å². The first-order valence-corrected chi connectivity index (χ1v) is 5.63. The number of hydrogen-bond donors (Lipinski definition) is 0. The molecule has 1 aliphatic rings. The Kier molecular flexibility index (Phi) is 3.46. The highest BCUT2D eigenvalue weighted by Gasteiger charge is 2.34. The fourth-order valence-corrected chi connectivity index (χ4v) is 1.69. The Labute approximate surface area is 99.3 Å². The summed E-state index contributed by atoms with van der Waals surface area (Å²) in [5.74, 6) is -0.133. The summed E-state index contributed by atoms with van der Waals surface area (Å²) in [6.07, 6.45) is 3.68. The standard InChI is InChI=1S/C12H15NO4/c1-16-11(14)6-7-13(9-4-5-9)12(15)10-3-2-8-17-10/h2-3,8-9H,4-7H2,1H3. The summed E-state index contributed by atoms with van der Waals surface area (Å²) >= 11 is 0. The van der Waals surface area contributed by atoms with Crippen molar-refractivity contribution >= 4 is 11.9 Å². The number of rotatable bonds is 5. The Morgan fingerprint density at radius 3 is 2.82 bits per heavy atom. The summed E-state index contributed by atoms with van der Waals surface area (Å²) in [5.41, 5.74) is 0. The lowest BCUT2D eigenvalue weighted by atomic mass is 10.3. The lowest BCUT2D eigenvalue weighted by Gasteiger charge is -2.20. The molecule has 1 aliphatic carbocycles. The van der Waals surface area contributed by atoms with Crippen LogP contribution in [0.15, 0.2) is 22.8 Å². The summed E-state index contributed by atoms with van der Waals surface area (Å²) in [7, 11) is 1.35. The molecule has 0 radical (unpaired) electrons. The van der Waals surface area contributed by atoms with Crippen LogP contribution in [0.5, 0.6) is 0 Å². The zero-order chi connectivity index (χ0) is 12.3. The predicted octanol–water partition coefficient (Wildman–Crippen LogP) is 1.45. The van der Waals surface area contributed by atoms with Crippen LogP contribution < -0.4 is 0 Å². The first kappa shape index (κ1) is 11.7. The third kappa shape index (κ3) is 2.87. The molecule has 2 rings (SSSR count). The van der Waals surface area contributed by atoms with Crippen LogP contribution >= 0.6 is 0 Å². The van der Waals surface area contributed by atoms with E-state index in [1.807, 2.05) is 0 Å².